The Morgan fingerprint density at radius 3 is 1.54 bits per heavy atom. The summed E-state index contributed by atoms with van der Waals surface area (Å²) in [5.74, 6) is 1.74. The standard InChI is InChI=1S/C18H16O2.C2H6.C2H2.2HI/c1-17(2)11-12-18(20-17)13-7-3-5-9-15(13)19-16-10-6-4-8-14(16)18;2*1-2;;/h3-12H,1-2H3;1-2H3;1-2H;2*1H. The van der Waals surface area contributed by atoms with Crippen LogP contribution in [0, 0.1) is 12.8 Å². The summed E-state index contributed by atoms with van der Waals surface area (Å²) < 4.78 is 12.5. The summed E-state index contributed by atoms with van der Waals surface area (Å²) in [5.41, 5.74) is 1.33. The number of rotatable bonds is 0. The summed E-state index contributed by atoms with van der Waals surface area (Å²) in [5, 5.41) is 0. The number of fused-ring (bicyclic) bond motifs is 4. The smallest absolute Gasteiger partial charge is 0.145 e. The zero-order chi connectivity index (χ0) is 17.8. The molecule has 2 nitrogen and oxygen atoms in total. The highest BCUT2D eigenvalue weighted by Crippen LogP contribution is 2.53. The Hall–Kier alpha value is -1.04. The summed E-state index contributed by atoms with van der Waals surface area (Å²) in [6.45, 7) is 8.16. The summed E-state index contributed by atoms with van der Waals surface area (Å²) in [6, 6.07) is 16.2. The first-order chi connectivity index (χ1) is 11.6. The lowest BCUT2D eigenvalue weighted by Crippen LogP contribution is -2.34. The van der Waals surface area contributed by atoms with Crippen LogP contribution in [0.5, 0.6) is 11.5 Å². The predicted molar refractivity (Wildman–Crippen MR) is 130 cm³/mol. The van der Waals surface area contributed by atoms with E-state index in [1.54, 1.807) is 0 Å². The molecule has 0 aliphatic carbocycles. The number of benzene rings is 2. The van der Waals surface area contributed by atoms with Crippen LogP contribution in [0.1, 0.15) is 38.8 Å². The quantitative estimate of drug-likeness (QED) is 0.193. The summed E-state index contributed by atoms with van der Waals surface area (Å²) >= 11 is 0. The Bertz CT molecular complexity index is 718. The van der Waals surface area contributed by atoms with Crippen LogP contribution in [0.2, 0.25) is 0 Å². The van der Waals surface area contributed by atoms with Crippen LogP contribution in [0.25, 0.3) is 0 Å². The highest BCUT2D eigenvalue weighted by atomic mass is 127. The van der Waals surface area contributed by atoms with Gasteiger partial charge in [0.2, 0.25) is 0 Å². The number of terminal acetylenes is 1. The van der Waals surface area contributed by atoms with Crippen LogP contribution < -0.4 is 4.74 Å². The summed E-state index contributed by atoms with van der Waals surface area (Å²) in [6.07, 6.45) is 12.3. The fraction of sp³-hybridized carbons (Fsp3) is 0.273. The largest absolute Gasteiger partial charge is 0.457 e. The van der Waals surface area contributed by atoms with Gasteiger partial charge in [-0.3, -0.25) is 0 Å². The molecule has 0 N–H and O–H groups in total. The van der Waals surface area contributed by atoms with Crippen LogP contribution in [-0.2, 0) is 10.3 Å². The maximum absolute atomic E-state index is 6.44. The number of hydrogen-bond donors (Lipinski definition) is 0. The third-order valence-electron chi connectivity index (χ3n) is 3.94. The molecule has 4 rings (SSSR count). The molecule has 0 aromatic heterocycles. The topological polar surface area (TPSA) is 18.5 Å². The average Bonchev–Trinajstić information content (AvgIpc) is 2.95. The normalized spacial score (nSPS) is 15.9. The third-order valence-corrected chi connectivity index (χ3v) is 3.94. The molecule has 0 fully saturated rings. The number of ether oxygens (including phenoxy) is 2. The minimum atomic E-state index is -0.533. The lowest BCUT2D eigenvalue weighted by molar-refractivity contribution is -0.0539. The molecule has 0 saturated heterocycles. The molecule has 0 atom stereocenters. The van der Waals surface area contributed by atoms with E-state index in [4.69, 9.17) is 9.47 Å². The van der Waals surface area contributed by atoms with Crippen molar-refractivity contribution in [1.82, 2.24) is 0 Å². The first-order valence-electron chi connectivity index (χ1n) is 8.22. The van der Waals surface area contributed by atoms with Crippen molar-refractivity contribution in [3.63, 3.8) is 0 Å². The van der Waals surface area contributed by atoms with Crippen molar-refractivity contribution < 1.29 is 9.47 Å². The maximum Gasteiger partial charge on any atom is 0.145 e. The van der Waals surface area contributed by atoms with E-state index in [0.717, 1.165) is 22.6 Å². The Labute approximate surface area is 191 Å². The first-order valence-corrected chi connectivity index (χ1v) is 8.22. The molecule has 0 amide bonds. The molecular formula is C22H26I2O2. The van der Waals surface area contributed by atoms with E-state index >= 15 is 0 Å². The lowest BCUT2D eigenvalue weighted by atomic mass is 9.83. The third kappa shape index (κ3) is 4.44. The van der Waals surface area contributed by atoms with Gasteiger partial charge < -0.3 is 9.47 Å². The first kappa shape index (κ1) is 25.0. The highest BCUT2D eigenvalue weighted by Gasteiger charge is 2.47. The molecule has 0 saturated carbocycles. The van der Waals surface area contributed by atoms with Crippen LogP contribution in [-0.4, -0.2) is 5.60 Å². The molecule has 0 unspecified atom stereocenters. The molecule has 26 heavy (non-hydrogen) atoms. The molecule has 2 aromatic rings. The van der Waals surface area contributed by atoms with Gasteiger partial charge in [0.1, 0.15) is 17.1 Å². The van der Waals surface area contributed by atoms with E-state index in [2.05, 4.69) is 51.0 Å². The van der Waals surface area contributed by atoms with E-state index < -0.39 is 5.60 Å². The van der Waals surface area contributed by atoms with Gasteiger partial charge in [-0.05, 0) is 32.1 Å². The van der Waals surface area contributed by atoms with Gasteiger partial charge in [0.25, 0.3) is 0 Å². The van der Waals surface area contributed by atoms with Crippen molar-refractivity contribution >= 4 is 48.0 Å². The van der Waals surface area contributed by atoms with E-state index in [-0.39, 0.29) is 53.6 Å². The van der Waals surface area contributed by atoms with E-state index in [1.807, 2.05) is 50.2 Å². The van der Waals surface area contributed by atoms with Gasteiger partial charge >= 0.3 is 0 Å². The molecule has 2 aliphatic rings. The predicted octanol–water partition coefficient (Wildman–Crippen LogP) is 6.91. The maximum atomic E-state index is 6.44. The Balaban J connectivity index is 0.000000979. The van der Waals surface area contributed by atoms with Gasteiger partial charge in [0.05, 0.1) is 5.60 Å². The fourth-order valence-electron chi connectivity index (χ4n) is 3.08. The Kier molecular flexibility index (Phi) is 9.92. The second-order valence-corrected chi connectivity index (χ2v) is 5.87. The number of hydrogen-bond acceptors (Lipinski definition) is 2. The zero-order valence-electron chi connectivity index (χ0n) is 15.6. The molecule has 0 bridgehead atoms. The van der Waals surface area contributed by atoms with Crippen molar-refractivity contribution in [2.45, 2.75) is 38.9 Å². The monoisotopic (exact) mass is 576 g/mol. The average molecular weight is 576 g/mol. The lowest BCUT2D eigenvalue weighted by Gasteiger charge is -2.38. The van der Waals surface area contributed by atoms with Crippen LogP contribution in [0.3, 0.4) is 0 Å². The van der Waals surface area contributed by atoms with Crippen molar-refractivity contribution in [2.75, 3.05) is 0 Å². The Morgan fingerprint density at radius 2 is 1.15 bits per heavy atom. The minimum absolute atomic E-state index is 0. The van der Waals surface area contributed by atoms with Crippen LogP contribution in [0.15, 0.2) is 60.7 Å². The van der Waals surface area contributed by atoms with Crippen molar-refractivity contribution in [3.8, 4) is 24.3 Å². The van der Waals surface area contributed by atoms with Gasteiger partial charge in [-0.1, -0.05) is 56.3 Å². The van der Waals surface area contributed by atoms with E-state index in [1.165, 1.54) is 0 Å². The van der Waals surface area contributed by atoms with E-state index in [9.17, 15) is 0 Å². The molecule has 4 heteroatoms. The van der Waals surface area contributed by atoms with Crippen molar-refractivity contribution in [1.29, 1.82) is 0 Å². The van der Waals surface area contributed by atoms with Gasteiger partial charge in [-0.2, -0.15) is 0 Å². The zero-order valence-corrected chi connectivity index (χ0v) is 20.2. The molecule has 1 spiro atoms. The highest BCUT2D eigenvalue weighted by molar-refractivity contribution is 14.0. The van der Waals surface area contributed by atoms with Crippen molar-refractivity contribution in [2.24, 2.45) is 0 Å². The van der Waals surface area contributed by atoms with E-state index in [0.29, 0.717) is 0 Å². The van der Waals surface area contributed by atoms with Crippen molar-refractivity contribution in [3.05, 3.63) is 71.8 Å². The summed E-state index contributed by atoms with van der Waals surface area (Å²) in [7, 11) is 0. The van der Waals surface area contributed by atoms with Gasteiger partial charge in [0.15, 0.2) is 0 Å². The Morgan fingerprint density at radius 1 is 0.731 bits per heavy atom. The second kappa shape index (κ2) is 10.3. The fourth-order valence-corrected chi connectivity index (χ4v) is 3.08. The summed E-state index contributed by atoms with van der Waals surface area (Å²) in [4.78, 5) is 0. The molecule has 0 radical (unpaired) electrons. The minimum Gasteiger partial charge on any atom is -0.457 e. The second-order valence-electron chi connectivity index (χ2n) is 5.87. The molecule has 2 aliphatic heterocycles. The SMILES string of the molecule is C#C.CC.CC1(C)C=CC2(O1)c1ccccc1Oc1ccccc12.I.I. The van der Waals surface area contributed by atoms with Gasteiger partial charge in [-0.15, -0.1) is 60.8 Å². The number of halogens is 2. The van der Waals surface area contributed by atoms with Gasteiger partial charge in [-0.25, -0.2) is 0 Å². The number of para-hydroxylation sites is 2. The molecule has 140 valence electrons. The molecule has 2 heterocycles. The molecular weight excluding hydrogens is 550 g/mol. The molecule has 2 aromatic carbocycles. The van der Waals surface area contributed by atoms with Gasteiger partial charge in [0, 0.05) is 11.1 Å². The van der Waals surface area contributed by atoms with Crippen LogP contribution >= 0.6 is 48.0 Å². The van der Waals surface area contributed by atoms with Crippen LogP contribution in [0.4, 0.5) is 0 Å².